The number of methoxy groups -OCH3 is 1. The van der Waals surface area contributed by atoms with Crippen LogP contribution in [0.4, 0.5) is 0 Å². The lowest BCUT2D eigenvalue weighted by molar-refractivity contribution is 0.0909. The third-order valence-corrected chi connectivity index (χ3v) is 5.37. The number of nitrogens with two attached hydrogens (primary N) is 1. The predicted molar refractivity (Wildman–Crippen MR) is 78.3 cm³/mol. The van der Waals surface area contributed by atoms with Gasteiger partial charge in [-0.2, -0.15) is 0 Å². The SMILES string of the molecule is COCCC1(CNC(=O)c2cc(S(N)(=O)=O)c(Br)o2)CC1. The number of ether oxygens (including phenoxy) is 1. The van der Waals surface area contributed by atoms with E-state index in [1.807, 2.05) is 0 Å². The molecule has 9 heteroatoms. The fraction of sp³-hybridized carbons (Fsp3) is 0.583. The molecule has 0 unspecified atom stereocenters. The van der Waals surface area contributed by atoms with Gasteiger partial charge in [0.1, 0.15) is 4.90 Å². The van der Waals surface area contributed by atoms with Gasteiger partial charge in [0.25, 0.3) is 5.91 Å². The number of rotatable bonds is 7. The van der Waals surface area contributed by atoms with Crippen LogP contribution in [0, 0.1) is 5.41 Å². The van der Waals surface area contributed by atoms with E-state index in [2.05, 4.69) is 21.2 Å². The lowest BCUT2D eigenvalue weighted by Gasteiger charge is -2.14. The van der Waals surface area contributed by atoms with Crippen LogP contribution < -0.4 is 10.5 Å². The smallest absolute Gasteiger partial charge is 0.287 e. The molecular formula is C12H17BrN2O5S. The van der Waals surface area contributed by atoms with Crippen molar-refractivity contribution in [2.75, 3.05) is 20.3 Å². The molecule has 0 saturated heterocycles. The van der Waals surface area contributed by atoms with Gasteiger partial charge in [-0.05, 0) is 40.6 Å². The van der Waals surface area contributed by atoms with Crippen LogP contribution >= 0.6 is 15.9 Å². The zero-order valence-electron chi connectivity index (χ0n) is 11.5. The summed E-state index contributed by atoms with van der Waals surface area (Å²) in [7, 11) is -2.28. The summed E-state index contributed by atoms with van der Waals surface area (Å²) >= 11 is 2.94. The molecule has 0 radical (unpaired) electrons. The van der Waals surface area contributed by atoms with Crippen LogP contribution in [0.5, 0.6) is 0 Å². The Labute approximate surface area is 131 Å². The summed E-state index contributed by atoms with van der Waals surface area (Å²) in [5, 5.41) is 7.77. The summed E-state index contributed by atoms with van der Waals surface area (Å²) in [4.78, 5) is 11.8. The Morgan fingerprint density at radius 3 is 2.71 bits per heavy atom. The average Bonchev–Trinajstić information content (AvgIpc) is 3.06. The number of furan rings is 1. The van der Waals surface area contributed by atoms with Crippen LogP contribution in [0.2, 0.25) is 0 Å². The number of primary sulfonamides is 1. The quantitative estimate of drug-likeness (QED) is 0.738. The second-order valence-electron chi connectivity index (χ2n) is 5.22. The predicted octanol–water partition coefficient (Wildman–Crippen LogP) is 1.24. The Morgan fingerprint density at radius 2 is 2.24 bits per heavy atom. The summed E-state index contributed by atoms with van der Waals surface area (Å²) in [5.41, 5.74) is 0.0955. The van der Waals surface area contributed by atoms with Crippen molar-refractivity contribution in [1.82, 2.24) is 5.32 Å². The van der Waals surface area contributed by atoms with Crippen LogP contribution in [0.15, 0.2) is 20.0 Å². The van der Waals surface area contributed by atoms with E-state index in [4.69, 9.17) is 14.3 Å². The van der Waals surface area contributed by atoms with Gasteiger partial charge in [-0.25, -0.2) is 13.6 Å². The van der Waals surface area contributed by atoms with Gasteiger partial charge in [0, 0.05) is 26.3 Å². The molecule has 0 bridgehead atoms. The van der Waals surface area contributed by atoms with Gasteiger partial charge in [-0.15, -0.1) is 0 Å². The van der Waals surface area contributed by atoms with Crippen molar-refractivity contribution in [3.63, 3.8) is 0 Å². The summed E-state index contributed by atoms with van der Waals surface area (Å²) in [5.74, 6) is -0.553. The summed E-state index contributed by atoms with van der Waals surface area (Å²) in [6.07, 6.45) is 2.97. The maximum atomic E-state index is 12.0. The standard InChI is InChI=1S/C12H17BrN2O5S/c1-19-5-4-12(2-3-12)7-15-11(16)8-6-9(10(13)20-8)21(14,17)18/h6H,2-5,7H2,1H3,(H,15,16)(H2,14,17,18). The minimum absolute atomic E-state index is 0.0735. The lowest BCUT2D eigenvalue weighted by atomic mass is 10.0. The number of carbonyl (C=O) groups excluding carboxylic acids is 1. The fourth-order valence-electron chi connectivity index (χ4n) is 2.02. The molecule has 1 aromatic rings. The number of carbonyl (C=O) groups is 1. The normalized spacial score (nSPS) is 16.7. The van der Waals surface area contributed by atoms with Crippen molar-refractivity contribution in [2.45, 2.75) is 24.2 Å². The minimum Gasteiger partial charge on any atom is -0.443 e. The Morgan fingerprint density at radius 1 is 1.57 bits per heavy atom. The first kappa shape index (κ1) is 16.5. The van der Waals surface area contributed by atoms with E-state index in [0.717, 1.165) is 25.3 Å². The molecule has 0 aliphatic heterocycles. The molecule has 7 nitrogen and oxygen atoms in total. The topological polar surface area (TPSA) is 112 Å². The van der Waals surface area contributed by atoms with Crippen molar-refractivity contribution in [3.05, 3.63) is 16.5 Å². The molecule has 1 fully saturated rings. The maximum Gasteiger partial charge on any atom is 0.287 e. The molecule has 21 heavy (non-hydrogen) atoms. The maximum absolute atomic E-state index is 12.0. The molecule has 1 aliphatic carbocycles. The molecule has 1 saturated carbocycles. The van der Waals surface area contributed by atoms with Crippen LogP contribution in [-0.2, 0) is 14.8 Å². The van der Waals surface area contributed by atoms with E-state index in [-0.39, 0.29) is 20.7 Å². The van der Waals surface area contributed by atoms with Gasteiger partial charge in [-0.1, -0.05) is 0 Å². The second-order valence-corrected chi connectivity index (χ2v) is 7.47. The Hall–Kier alpha value is -0.900. The molecule has 1 aromatic heterocycles. The number of hydrogen-bond donors (Lipinski definition) is 2. The van der Waals surface area contributed by atoms with Crippen molar-refractivity contribution in [2.24, 2.45) is 10.6 Å². The van der Waals surface area contributed by atoms with Crippen molar-refractivity contribution in [3.8, 4) is 0 Å². The monoisotopic (exact) mass is 380 g/mol. The lowest BCUT2D eigenvalue weighted by Crippen LogP contribution is -2.30. The third kappa shape index (κ3) is 4.06. The minimum atomic E-state index is -3.93. The first-order valence-electron chi connectivity index (χ1n) is 6.37. The van der Waals surface area contributed by atoms with Gasteiger partial charge in [0.15, 0.2) is 10.4 Å². The van der Waals surface area contributed by atoms with Gasteiger partial charge < -0.3 is 14.5 Å². The zero-order chi connectivity index (χ0) is 15.7. The Kier molecular flexibility index (Phi) is 4.76. The first-order chi connectivity index (χ1) is 9.77. The van der Waals surface area contributed by atoms with E-state index >= 15 is 0 Å². The second kappa shape index (κ2) is 6.07. The first-order valence-corrected chi connectivity index (χ1v) is 8.71. The van der Waals surface area contributed by atoms with Crippen molar-refractivity contribution >= 4 is 31.9 Å². The Bertz CT molecular complexity index is 636. The van der Waals surface area contributed by atoms with Crippen molar-refractivity contribution < 1.29 is 22.4 Å². The van der Waals surface area contributed by atoms with Crippen LogP contribution in [0.25, 0.3) is 0 Å². The molecular weight excluding hydrogens is 364 g/mol. The number of sulfonamides is 1. The largest absolute Gasteiger partial charge is 0.443 e. The molecule has 118 valence electrons. The number of halogens is 1. The van der Waals surface area contributed by atoms with Crippen LogP contribution in [0.1, 0.15) is 29.8 Å². The fourth-order valence-corrected chi connectivity index (χ4v) is 3.53. The van der Waals surface area contributed by atoms with Gasteiger partial charge in [0.05, 0.1) is 0 Å². The van der Waals surface area contributed by atoms with Crippen LogP contribution in [0.3, 0.4) is 0 Å². The molecule has 0 atom stereocenters. The van der Waals surface area contributed by atoms with E-state index in [9.17, 15) is 13.2 Å². The van der Waals surface area contributed by atoms with Gasteiger partial charge in [-0.3, -0.25) is 4.79 Å². The highest BCUT2D eigenvalue weighted by atomic mass is 79.9. The molecule has 3 N–H and O–H groups in total. The average molecular weight is 381 g/mol. The summed E-state index contributed by atoms with van der Waals surface area (Å²) in [6.45, 7) is 1.16. The molecule has 0 spiro atoms. The molecule has 1 aliphatic rings. The third-order valence-electron chi connectivity index (χ3n) is 3.60. The van der Waals surface area contributed by atoms with Crippen LogP contribution in [-0.4, -0.2) is 34.6 Å². The molecule has 1 heterocycles. The highest BCUT2D eigenvalue weighted by molar-refractivity contribution is 9.10. The Balaban J connectivity index is 1.99. The number of amides is 1. The number of hydrogen-bond acceptors (Lipinski definition) is 5. The summed E-state index contributed by atoms with van der Waals surface area (Å²) < 4.78 is 32.6. The van der Waals surface area contributed by atoms with E-state index in [1.54, 1.807) is 7.11 Å². The number of nitrogens with one attached hydrogen (secondary N) is 1. The molecule has 2 rings (SSSR count). The van der Waals surface area contributed by atoms with Gasteiger partial charge >= 0.3 is 0 Å². The van der Waals surface area contributed by atoms with E-state index in [1.165, 1.54) is 0 Å². The van der Waals surface area contributed by atoms with Crippen molar-refractivity contribution in [1.29, 1.82) is 0 Å². The van der Waals surface area contributed by atoms with Gasteiger partial charge in [0.2, 0.25) is 10.0 Å². The summed E-state index contributed by atoms with van der Waals surface area (Å²) in [6, 6.07) is 1.11. The zero-order valence-corrected chi connectivity index (χ0v) is 13.9. The molecule has 1 amide bonds. The molecule has 0 aromatic carbocycles. The highest BCUT2D eigenvalue weighted by Gasteiger charge is 2.42. The highest BCUT2D eigenvalue weighted by Crippen LogP contribution is 2.48. The van der Waals surface area contributed by atoms with E-state index in [0.29, 0.717) is 13.2 Å². The van der Waals surface area contributed by atoms with E-state index < -0.39 is 15.9 Å².